The van der Waals surface area contributed by atoms with Gasteiger partial charge in [-0.1, -0.05) is 6.08 Å². The zero-order valence-electron chi connectivity index (χ0n) is 10.6. The van der Waals surface area contributed by atoms with Crippen LogP contribution >= 0.6 is 0 Å². The second kappa shape index (κ2) is 4.21. The SMILES string of the molecule is CC(=O)/C=C/c1c(C)c(C)c(C)c2occc12. The molecule has 2 heteroatoms. The monoisotopic (exact) mass is 228 g/mol. The molecule has 0 saturated heterocycles. The van der Waals surface area contributed by atoms with Gasteiger partial charge in [0.1, 0.15) is 5.58 Å². The molecule has 2 rings (SSSR count). The van der Waals surface area contributed by atoms with Gasteiger partial charge in [-0.2, -0.15) is 0 Å². The molecule has 0 radical (unpaired) electrons. The number of hydrogen-bond acceptors (Lipinski definition) is 2. The van der Waals surface area contributed by atoms with Gasteiger partial charge < -0.3 is 4.42 Å². The number of aryl methyl sites for hydroxylation is 1. The Hall–Kier alpha value is -1.83. The first-order chi connectivity index (χ1) is 8.02. The van der Waals surface area contributed by atoms with E-state index in [1.54, 1.807) is 19.3 Å². The van der Waals surface area contributed by atoms with Crippen LogP contribution in [0.2, 0.25) is 0 Å². The molecule has 0 saturated carbocycles. The van der Waals surface area contributed by atoms with Crippen LogP contribution in [0, 0.1) is 20.8 Å². The number of rotatable bonds is 2. The fourth-order valence-corrected chi connectivity index (χ4v) is 2.08. The Bertz CT molecular complexity index is 615. The molecule has 0 aliphatic heterocycles. The van der Waals surface area contributed by atoms with E-state index in [2.05, 4.69) is 20.8 Å². The van der Waals surface area contributed by atoms with Crippen molar-refractivity contribution in [2.24, 2.45) is 0 Å². The molecule has 1 aromatic heterocycles. The predicted octanol–water partition coefficient (Wildman–Crippen LogP) is 3.96. The topological polar surface area (TPSA) is 30.2 Å². The Morgan fingerprint density at radius 1 is 1.18 bits per heavy atom. The normalized spacial score (nSPS) is 11.5. The Kier molecular flexibility index (Phi) is 2.88. The van der Waals surface area contributed by atoms with Gasteiger partial charge in [0, 0.05) is 5.39 Å². The first-order valence-corrected chi connectivity index (χ1v) is 5.68. The largest absolute Gasteiger partial charge is 0.464 e. The van der Waals surface area contributed by atoms with E-state index in [0.717, 1.165) is 16.5 Å². The van der Waals surface area contributed by atoms with Gasteiger partial charge in [0.15, 0.2) is 5.78 Å². The maximum atomic E-state index is 11.0. The molecule has 17 heavy (non-hydrogen) atoms. The summed E-state index contributed by atoms with van der Waals surface area (Å²) in [7, 11) is 0. The van der Waals surface area contributed by atoms with Crippen LogP contribution < -0.4 is 0 Å². The second-order valence-corrected chi connectivity index (χ2v) is 4.40. The summed E-state index contributed by atoms with van der Waals surface area (Å²) >= 11 is 0. The van der Waals surface area contributed by atoms with Crippen molar-refractivity contribution >= 4 is 22.8 Å². The number of furan rings is 1. The molecular weight excluding hydrogens is 212 g/mol. The molecule has 0 aliphatic rings. The highest BCUT2D eigenvalue weighted by Crippen LogP contribution is 2.31. The van der Waals surface area contributed by atoms with Gasteiger partial charge >= 0.3 is 0 Å². The highest BCUT2D eigenvalue weighted by molar-refractivity contribution is 5.97. The fraction of sp³-hybridized carbons (Fsp3) is 0.267. The highest BCUT2D eigenvalue weighted by Gasteiger charge is 2.12. The van der Waals surface area contributed by atoms with Crippen LogP contribution in [0.15, 0.2) is 22.8 Å². The molecule has 1 aromatic carbocycles. The smallest absolute Gasteiger partial charge is 0.152 e. The summed E-state index contributed by atoms with van der Waals surface area (Å²) in [5, 5.41) is 1.07. The number of carbonyl (C=O) groups is 1. The van der Waals surface area contributed by atoms with Crippen LogP contribution in [0.1, 0.15) is 29.2 Å². The number of fused-ring (bicyclic) bond motifs is 1. The van der Waals surface area contributed by atoms with Crippen LogP contribution in [-0.4, -0.2) is 5.78 Å². The Morgan fingerprint density at radius 3 is 2.53 bits per heavy atom. The summed E-state index contributed by atoms with van der Waals surface area (Å²) in [6.45, 7) is 7.78. The molecule has 88 valence electrons. The van der Waals surface area contributed by atoms with Crippen molar-refractivity contribution in [2.75, 3.05) is 0 Å². The fourth-order valence-electron chi connectivity index (χ4n) is 2.08. The molecule has 0 unspecified atom stereocenters. The van der Waals surface area contributed by atoms with Gasteiger partial charge in [0.25, 0.3) is 0 Å². The zero-order valence-corrected chi connectivity index (χ0v) is 10.6. The summed E-state index contributed by atoms with van der Waals surface area (Å²) < 4.78 is 5.51. The van der Waals surface area contributed by atoms with Crippen molar-refractivity contribution in [2.45, 2.75) is 27.7 Å². The average molecular weight is 228 g/mol. The van der Waals surface area contributed by atoms with E-state index in [0.29, 0.717) is 0 Å². The van der Waals surface area contributed by atoms with Gasteiger partial charge in [-0.3, -0.25) is 4.79 Å². The summed E-state index contributed by atoms with van der Waals surface area (Å²) in [5.41, 5.74) is 5.58. The molecule has 2 aromatic rings. The summed E-state index contributed by atoms with van der Waals surface area (Å²) in [6, 6.07) is 1.95. The van der Waals surface area contributed by atoms with E-state index in [1.807, 2.05) is 12.1 Å². The van der Waals surface area contributed by atoms with Crippen LogP contribution in [0.5, 0.6) is 0 Å². The number of allylic oxidation sites excluding steroid dienone is 1. The molecule has 0 spiro atoms. The molecule has 0 bridgehead atoms. The first-order valence-electron chi connectivity index (χ1n) is 5.68. The van der Waals surface area contributed by atoms with Crippen molar-refractivity contribution in [3.8, 4) is 0 Å². The number of ketones is 1. The van der Waals surface area contributed by atoms with Crippen molar-refractivity contribution in [3.05, 3.63) is 40.7 Å². The van der Waals surface area contributed by atoms with Gasteiger partial charge in [-0.15, -0.1) is 0 Å². The summed E-state index contributed by atoms with van der Waals surface area (Å²) in [5.74, 6) is 0.0549. The minimum atomic E-state index is 0.0549. The third kappa shape index (κ3) is 1.91. The number of carbonyl (C=O) groups excluding carboxylic acids is 1. The van der Waals surface area contributed by atoms with Crippen molar-refractivity contribution in [3.63, 3.8) is 0 Å². The van der Waals surface area contributed by atoms with E-state index in [4.69, 9.17) is 4.42 Å². The van der Waals surface area contributed by atoms with Gasteiger partial charge in [0.2, 0.25) is 0 Å². The van der Waals surface area contributed by atoms with Gasteiger partial charge in [-0.25, -0.2) is 0 Å². The second-order valence-electron chi connectivity index (χ2n) is 4.40. The summed E-state index contributed by atoms with van der Waals surface area (Å²) in [4.78, 5) is 11.0. The van der Waals surface area contributed by atoms with Crippen LogP contribution in [0.25, 0.3) is 17.0 Å². The minimum Gasteiger partial charge on any atom is -0.464 e. The molecule has 0 aliphatic carbocycles. The Labute approximate surface area is 101 Å². The minimum absolute atomic E-state index is 0.0549. The Morgan fingerprint density at radius 2 is 1.88 bits per heavy atom. The lowest BCUT2D eigenvalue weighted by atomic mass is 9.94. The van der Waals surface area contributed by atoms with Gasteiger partial charge in [0.05, 0.1) is 6.26 Å². The van der Waals surface area contributed by atoms with E-state index in [9.17, 15) is 4.79 Å². The van der Waals surface area contributed by atoms with E-state index < -0.39 is 0 Å². The molecule has 0 atom stereocenters. The van der Waals surface area contributed by atoms with Crippen molar-refractivity contribution < 1.29 is 9.21 Å². The molecule has 2 nitrogen and oxygen atoms in total. The third-order valence-electron chi connectivity index (χ3n) is 3.31. The lowest BCUT2D eigenvalue weighted by molar-refractivity contribution is -0.112. The van der Waals surface area contributed by atoms with E-state index in [1.165, 1.54) is 16.7 Å². The maximum Gasteiger partial charge on any atom is 0.152 e. The van der Waals surface area contributed by atoms with Crippen molar-refractivity contribution in [1.82, 2.24) is 0 Å². The van der Waals surface area contributed by atoms with E-state index in [-0.39, 0.29) is 5.78 Å². The maximum absolute atomic E-state index is 11.0. The quantitative estimate of drug-likeness (QED) is 0.728. The predicted molar refractivity (Wildman–Crippen MR) is 70.1 cm³/mol. The standard InChI is InChI=1S/C15H16O2/c1-9(16)5-6-13-11(3)10(2)12(4)15-14(13)7-8-17-15/h5-8H,1-4H3/b6-5+. The molecular formula is C15H16O2. The van der Waals surface area contributed by atoms with Crippen molar-refractivity contribution in [1.29, 1.82) is 0 Å². The summed E-state index contributed by atoms with van der Waals surface area (Å²) in [6.07, 6.45) is 5.17. The molecule has 1 heterocycles. The third-order valence-corrected chi connectivity index (χ3v) is 3.31. The first kappa shape index (κ1) is 11.6. The lowest BCUT2D eigenvalue weighted by Crippen LogP contribution is -1.92. The number of benzene rings is 1. The lowest BCUT2D eigenvalue weighted by Gasteiger charge is -2.10. The average Bonchev–Trinajstić information content (AvgIpc) is 2.74. The van der Waals surface area contributed by atoms with Crippen LogP contribution in [-0.2, 0) is 4.79 Å². The molecule has 0 amide bonds. The Balaban J connectivity index is 2.77. The van der Waals surface area contributed by atoms with E-state index >= 15 is 0 Å². The van der Waals surface area contributed by atoms with Gasteiger partial charge in [-0.05, 0) is 62.1 Å². The molecule has 0 fully saturated rings. The molecule has 0 N–H and O–H groups in total. The number of hydrogen-bond donors (Lipinski definition) is 0. The zero-order chi connectivity index (χ0) is 12.6. The van der Waals surface area contributed by atoms with Crippen LogP contribution in [0.3, 0.4) is 0 Å². The highest BCUT2D eigenvalue weighted by atomic mass is 16.3. The van der Waals surface area contributed by atoms with Crippen LogP contribution in [0.4, 0.5) is 0 Å².